The first-order valence-electron chi connectivity index (χ1n) is 8.08. The van der Waals surface area contributed by atoms with Gasteiger partial charge >= 0.3 is 0 Å². The van der Waals surface area contributed by atoms with E-state index in [1.54, 1.807) is 6.20 Å². The Morgan fingerprint density at radius 2 is 2.38 bits per heavy atom. The minimum absolute atomic E-state index is 0.132. The van der Waals surface area contributed by atoms with Crippen LogP contribution < -0.4 is 10.2 Å². The number of hydrogen-bond donors (Lipinski definition) is 1. The second-order valence-electron chi connectivity index (χ2n) is 5.74. The molecule has 8 heteroatoms. The van der Waals surface area contributed by atoms with Crippen LogP contribution in [-0.4, -0.2) is 46.3 Å². The van der Waals surface area contributed by atoms with Gasteiger partial charge in [0.1, 0.15) is 10.7 Å². The van der Waals surface area contributed by atoms with Gasteiger partial charge in [0.15, 0.2) is 0 Å². The summed E-state index contributed by atoms with van der Waals surface area (Å²) in [5.41, 5.74) is 1.70. The number of carbonyl (C=O) groups is 1. The average Bonchev–Trinajstić information content (AvgIpc) is 3.09. The summed E-state index contributed by atoms with van der Waals surface area (Å²) in [6.07, 6.45) is 2.73. The van der Waals surface area contributed by atoms with Crippen LogP contribution in [0.2, 0.25) is 0 Å². The molecule has 2 aromatic heterocycles. The zero-order chi connectivity index (χ0) is 16.9. The summed E-state index contributed by atoms with van der Waals surface area (Å²) in [5.74, 6) is 0.813. The van der Waals surface area contributed by atoms with E-state index in [1.165, 1.54) is 0 Å². The van der Waals surface area contributed by atoms with Gasteiger partial charge in [-0.3, -0.25) is 4.79 Å². The Balaban J connectivity index is 1.57. The highest BCUT2D eigenvalue weighted by Crippen LogP contribution is 2.16. The molecule has 0 radical (unpaired) electrons. The number of amides is 1. The second kappa shape index (κ2) is 7.67. The Bertz CT molecular complexity index is 688. The van der Waals surface area contributed by atoms with Gasteiger partial charge in [-0.1, -0.05) is 17.5 Å². The van der Waals surface area contributed by atoms with E-state index in [2.05, 4.69) is 31.7 Å². The first-order chi connectivity index (χ1) is 11.7. The van der Waals surface area contributed by atoms with E-state index in [1.807, 2.05) is 19.1 Å². The van der Waals surface area contributed by atoms with Crippen LogP contribution in [0.5, 0.6) is 0 Å². The molecule has 0 aliphatic carbocycles. The lowest BCUT2D eigenvalue weighted by molar-refractivity contribution is 0.0529. The van der Waals surface area contributed by atoms with Crippen LogP contribution in [0.15, 0.2) is 18.3 Å². The summed E-state index contributed by atoms with van der Waals surface area (Å²) in [6, 6.07) is 3.99. The Kier molecular flexibility index (Phi) is 5.37. The predicted molar refractivity (Wildman–Crippen MR) is 92.3 cm³/mol. The zero-order valence-corrected chi connectivity index (χ0v) is 14.7. The highest BCUT2D eigenvalue weighted by atomic mass is 32.1. The molecule has 1 amide bonds. The van der Waals surface area contributed by atoms with Crippen molar-refractivity contribution >= 4 is 23.3 Å². The van der Waals surface area contributed by atoms with Gasteiger partial charge in [-0.2, -0.15) is 0 Å². The van der Waals surface area contributed by atoms with Crippen molar-refractivity contribution in [2.45, 2.75) is 32.9 Å². The molecule has 1 aliphatic heterocycles. The Hall–Kier alpha value is -2.06. The number of hydrogen-bond acceptors (Lipinski definition) is 7. The van der Waals surface area contributed by atoms with Crippen LogP contribution in [-0.2, 0) is 17.7 Å². The number of pyridine rings is 1. The number of nitrogens with zero attached hydrogens (tertiary/aromatic N) is 4. The van der Waals surface area contributed by atoms with Gasteiger partial charge in [0.25, 0.3) is 5.91 Å². The van der Waals surface area contributed by atoms with Gasteiger partial charge in [-0.05, 0) is 36.5 Å². The summed E-state index contributed by atoms with van der Waals surface area (Å²) >= 11 is 1.13. The minimum atomic E-state index is -0.132. The fourth-order valence-electron chi connectivity index (χ4n) is 2.61. The normalized spacial score (nSPS) is 17.8. The van der Waals surface area contributed by atoms with Crippen LogP contribution in [0.1, 0.15) is 34.8 Å². The Labute approximate surface area is 145 Å². The van der Waals surface area contributed by atoms with Crippen molar-refractivity contribution in [2.24, 2.45) is 0 Å². The quantitative estimate of drug-likeness (QED) is 0.886. The summed E-state index contributed by atoms with van der Waals surface area (Å²) in [5, 5.41) is 6.86. The van der Waals surface area contributed by atoms with E-state index in [-0.39, 0.29) is 12.0 Å². The van der Waals surface area contributed by atoms with Crippen LogP contribution in [0.3, 0.4) is 0 Å². The fraction of sp³-hybridized carbons (Fsp3) is 0.500. The maximum Gasteiger partial charge on any atom is 0.265 e. The monoisotopic (exact) mass is 347 g/mol. The molecule has 0 bridgehead atoms. The molecule has 3 heterocycles. The highest BCUT2D eigenvalue weighted by molar-refractivity contribution is 7.08. The summed E-state index contributed by atoms with van der Waals surface area (Å²) in [6.45, 7) is 6.89. The molecule has 3 rings (SSSR count). The van der Waals surface area contributed by atoms with E-state index >= 15 is 0 Å². The molecule has 128 valence electrons. The Morgan fingerprint density at radius 3 is 3.08 bits per heavy atom. The predicted octanol–water partition coefficient (Wildman–Crippen LogP) is 1.65. The number of rotatable bonds is 5. The van der Waals surface area contributed by atoms with Crippen molar-refractivity contribution in [1.29, 1.82) is 0 Å². The number of aryl methyl sites for hydroxylation is 1. The van der Waals surface area contributed by atoms with E-state index in [4.69, 9.17) is 4.74 Å². The molecule has 1 aliphatic rings. The van der Waals surface area contributed by atoms with Crippen LogP contribution in [0.25, 0.3) is 0 Å². The highest BCUT2D eigenvalue weighted by Gasteiger charge is 2.18. The first-order valence-corrected chi connectivity index (χ1v) is 8.85. The minimum Gasteiger partial charge on any atom is -0.375 e. The first kappa shape index (κ1) is 16.8. The number of morpholine rings is 1. The molecule has 0 aromatic carbocycles. The van der Waals surface area contributed by atoms with Gasteiger partial charge in [-0.25, -0.2) is 4.98 Å². The van der Waals surface area contributed by atoms with Crippen molar-refractivity contribution in [1.82, 2.24) is 19.9 Å². The zero-order valence-electron chi connectivity index (χ0n) is 13.9. The number of carbonyl (C=O) groups excluding carboxylic acids is 1. The molecule has 0 unspecified atom stereocenters. The molecule has 1 fully saturated rings. The van der Waals surface area contributed by atoms with Crippen LogP contribution in [0, 0.1) is 0 Å². The third kappa shape index (κ3) is 3.88. The molecule has 1 atom stereocenters. The molecule has 0 saturated carbocycles. The van der Waals surface area contributed by atoms with Crippen LogP contribution >= 0.6 is 11.5 Å². The number of aromatic nitrogens is 3. The second-order valence-corrected chi connectivity index (χ2v) is 6.49. The molecule has 7 nitrogen and oxygen atoms in total. The van der Waals surface area contributed by atoms with E-state index in [0.29, 0.717) is 17.8 Å². The van der Waals surface area contributed by atoms with Crippen molar-refractivity contribution in [3.8, 4) is 0 Å². The molecular formula is C16H21N5O2S. The van der Waals surface area contributed by atoms with E-state index < -0.39 is 0 Å². The standard InChI is InChI=1S/C16H21N5O2S/c1-3-13-15(24-20-19-13)16(22)18-9-12-4-5-14(17-8-12)21-6-7-23-11(2)10-21/h4-5,8,11H,3,6-7,9-10H2,1-2H3,(H,18,22)/t11-/m0/s1. The fourth-order valence-corrected chi connectivity index (χ4v) is 3.28. The lowest BCUT2D eigenvalue weighted by Crippen LogP contribution is -2.41. The van der Waals surface area contributed by atoms with Crippen molar-refractivity contribution in [3.05, 3.63) is 34.5 Å². The lowest BCUT2D eigenvalue weighted by Gasteiger charge is -2.32. The number of ether oxygens (including phenoxy) is 1. The maximum absolute atomic E-state index is 12.2. The van der Waals surface area contributed by atoms with Crippen LogP contribution in [0.4, 0.5) is 5.82 Å². The third-order valence-corrected chi connectivity index (χ3v) is 4.69. The van der Waals surface area contributed by atoms with Gasteiger partial charge in [-0.15, -0.1) is 5.10 Å². The third-order valence-electron chi connectivity index (χ3n) is 3.92. The molecule has 1 N–H and O–H groups in total. The van der Waals surface area contributed by atoms with Gasteiger partial charge < -0.3 is 15.0 Å². The van der Waals surface area contributed by atoms with Crippen molar-refractivity contribution in [2.75, 3.05) is 24.6 Å². The molecule has 24 heavy (non-hydrogen) atoms. The number of anilines is 1. The molecule has 1 saturated heterocycles. The smallest absolute Gasteiger partial charge is 0.265 e. The molecule has 0 spiro atoms. The summed E-state index contributed by atoms with van der Waals surface area (Å²) in [7, 11) is 0. The molecular weight excluding hydrogens is 326 g/mol. The average molecular weight is 347 g/mol. The number of nitrogens with one attached hydrogen (secondary N) is 1. The topological polar surface area (TPSA) is 80.2 Å². The van der Waals surface area contributed by atoms with Crippen molar-refractivity contribution in [3.63, 3.8) is 0 Å². The lowest BCUT2D eigenvalue weighted by atomic mass is 10.2. The summed E-state index contributed by atoms with van der Waals surface area (Å²) < 4.78 is 9.39. The SMILES string of the molecule is CCc1nnsc1C(=O)NCc1ccc(N2CCO[C@@H](C)C2)nc1. The Morgan fingerprint density at radius 1 is 1.50 bits per heavy atom. The van der Waals surface area contributed by atoms with Gasteiger partial charge in [0.05, 0.1) is 18.4 Å². The maximum atomic E-state index is 12.2. The van der Waals surface area contributed by atoms with Crippen molar-refractivity contribution < 1.29 is 9.53 Å². The van der Waals surface area contributed by atoms with Gasteiger partial charge in [0, 0.05) is 25.8 Å². The van der Waals surface area contributed by atoms with E-state index in [9.17, 15) is 4.79 Å². The summed E-state index contributed by atoms with van der Waals surface area (Å²) in [4.78, 5) is 19.5. The van der Waals surface area contributed by atoms with Gasteiger partial charge in [0.2, 0.25) is 0 Å². The largest absolute Gasteiger partial charge is 0.375 e. The molecule has 2 aromatic rings. The van der Waals surface area contributed by atoms with E-state index in [0.717, 1.165) is 48.3 Å².